The fourth-order valence-electron chi connectivity index (χ4n) is 6.13. The maximum absolute atomic E-state index is 13.8. The van der Waals surface area contributed by atoms with Gasteiger partial charge in [0.2, 0.25) is 17.7 Å². The number of benzene rings is 2. The van der Waals surface area contributed by atoms with Gasteiger partial charge in [0, 0.05) is 28.4 Å². The minimum absolute atomic E-state index is 0.181. The molecule has 3 fully saturated rings. The number of nitrogens with zero attached hydrogens (tertiary/aromatic N) is 1. The third-order valence-electron chi connectivity index (χ3n) is 7.67. The van der Waals surface area contributed by atoms with Crippen molar-refractivity contribution in [1.29, 1.82) is 0 Å². The van der Waals surface area contributed by atoms with Crippen LogP contribution in [0.3, 0.4) is 0 Å². The number of halogens is 1. The first-order valence-electron chi connectivity index (χ1n) is 11.7. The molecule has 35 heavy (non-hydrogen) atoms. The molecule has 9 nitrogen and oxygen atoms in total. The highest BCUT2D eigenvalue weighted by Crippen LogP contribution is 2.54. The summed E-state index contributed by atoms with van der Waals surface area (Å²) < 4.78 is 6.45. The summed E-state index contributed by atoms with van der Waals surface area (Å²) in [5, 5.41) is 26.0. The van der Waals surface area contributed by atoms with Crippen molar-refractivity contribution in [2.45, 2.75) is 36.9 Å². The Morgan fingerprint density at radius 1 is 1.09 bits per heavy atom. The maximum atomic E-state index is 13.8. The number of phenolic OH excluding ortho intramolecular Hbond substituents is 2. The molecule has 0 saturated carbocycles. The highest BCUT2D eigenvalue weighted by Gasteiger charge is 2.70. The number of carbonyl (C=O) groups excluding carboxylic acids is 3. The first kappa shape index (κ1) is 22.5. The monoisotopic (exact) mass is 541 g/mol. The zero-order valence-corrected chi connectivity index (χ0v) is 20.2. The Bertz CT molecular complexity index is 1260. The average Bonchev–Trinajstić information content (AvgIpc) is 3.56. The lowest BCUT2D eigenvalue weighted by Gasteiger charge is -2.30. The van der Waals surface area contributed by atoms with Crippen LogP contribution in [0.15, 0.2) is 40.9 Å². The molecule has 0 radical (unpaired) electrons. The second kappa shape index (κ2) is 8.04. The second-order valence-corrected chi connectivity index (χ2v) is 10.6. The molecule has 6 rings (SSSR count). The normalized spacial score (nSPS) is 31.3. The lowest BCUT2D eigenvalue weighted by Crippen LogP contribution is -2.54. The first-order chi connectivity index (χ1) is 16.8. The number of aromatic hydroxyl groups is 2. The molecule has 4 N–H and O–H groups in total. The predicted octanol–water partition coefficient (Wildman–Crippen LogP) is 2.00. The van der Waals surface area contributed by atoms with E-state index in [1.807, 2.05) is 12.1 Å². The smallest absolute Gasteiger partial charge is 0.250 e. The molecule has 1 spiro atoms. The van der Waals surface area contributed by atoms with Crippen molar-refractivity contribution in [2.75, 3.05) is 18.5 Å². The topological polar surface area (TPSA) is 128 Å². The van der Waals surface area contributed by atoms with E-state index < -0.39 is 23.4 Å². The van der Waals surface area contributed by atoms with E-state index >= 15 is 0 Å². The Balaban J connectivity index is 1.43. The summed E-state index contributed by atoms with van der Waals surface area (Å²) in [4.78, 5) is 42.4. The van der Waals surface area contributed by atoms with Crippen LogP contribution in [0.1, 0.15) is 24.0 Å². The van der Waals surface area contributed by atoms with Gasteiger partial charge in [-0.15, -0.1) is 0 Å². The predicted molar refractivity (Wildman–Crippen MR) is 128 cm³/mol. The van der Waals surface area contributed by atoms with E-state index in [4.69, 9.17) is 4.74 Å². The molecule has 0 aromatic heterocycles. The number of nitrogens with one attached hydrogen (secondary N) is 2. The third-order valence-corrected chi connectivity index (χ3v) is 8.17. The van der Waals surface area contributed by atoms with Crippen LogP contribution in [0, 0.1) is 11.8 Å². The molecule has 4 aliphatic rings. The van der Waals surface area contributed by atoms with E-state index in [0.29, 0.717) is 23.4 Å². The number of carbonyl (C=O) groups is 3. The van der Waals surface area contributed by atoms with Crippen LogP contribution < -0.4 is 10.6 Å². The average molecular weight is 542 g/mol. The van der Waals surface area contributed by atoms with Crippen molar-refractivity contribution < 1.29 is 29.3 Å². The lowest BCUT2D eigenvalue weighted by molar-refractivity contribution is -0.144. The summed E-state index contributed by atoms with van der Waals surface area (Å²) in [7, 11) is 0. The minimum Gasteiger partial charge on any atom is -0.504 e. The summed E-state index contributed by atoms with van der Waals surface area (Å²) in [6.07, 6.45) is 1.75. The van der Waals surface area contributed by atoms with E-state index in [-0.39, 0.29) is 48.3 Å². The standard InChI is InChI=1S/C25H24BrN3O6/c26-13-4-5-16-15(10-13)25(24(34)27-16)21-20(17(28-25)8-12-3-6-18(30)19(31)9-12)22(32)29(23(21)33)11-14-2-1-7-35-14/h3-6,9-10,14,17,20-21,28,30-31H,1-2,7-8,11H2,(H,27,34)/t14-,17-,20-,21+,25+/m0/s1. The van der Waals surface area contributed by atoms with Crippen molar-refractivity contribution in [3.63, 3.8) is 0 Å². The first-order valence-corrected chi connectivity index (χ1v) is 12.5. The molecular weight excluding hydrogens is 518 g/mol. The van der Waals surface area contributed by atoms with Gasteiger partial charge in [0.25, 0.3) is 0 Å². The van der Waals surface area contributed by atoms with Gasteiger partial charge < -0.3 is 20.3 Å². The van der Waals surface area contributed by atoms with Gasteiger partial charge in [-0.1, -0.05) is 22.0 Å². The maximum Gasteiger partial charge on any atom is 0.250 e. The zero-order valence-electron chi connectivity index (χ0n) is 18.7. The number of rotatable bonds is 4. The summed E-state index contributed by atoms with van der Waals surface area (Å²) in [6, 6.07) is 9.32. The molecule has 4 aliphatic heterocycles. The molecule has 182 valence electrons. The second-order valence-electron chi connectivity index (χ2n) is 9.66. The fourth-order valence-corrected chi connectivity index (χ4v) is 6.49. The van der Waals surface area contributed by atoms with Gasteiger partial charge >= 0.3 is 0 Å². The lowest BCUT2D eigenvalue weighted by atomic mass is 9.76. The van der Waals surface area contributed by atoms with Crippen LogP contribution >= 0.6 is 15.9 Å². The molecular formula is C25H24BrN3O6. The number of imide groups is 1. The van der Waals surface area contributed by atoms with Crippen LogP contribution in [0.2, 0.25) is 0 Å². The van der Waals surface area contributed by atoms with Crippen molar-refractivity contribution in [2.24, 2.45) is 11.8 Å². The van der Waals surface area contributed by atoms with Crippen LogP contribution in [0.4, 0.5) is 5.69 Å². The molecule has 10 heteroatoms. The molecule has 2 aromatic carbocycles. The van der Waals surface area contributed by atoms with Crippen molar-refractivity contribution >= 4 is 39.3 Å². The van der Waals surface area contributed by atoms with E-state index in [9.17, 15) is 24.6 Å². The van der Waals surface area contributed by atoms with Crippen molar-refractivity contribution in [3.05, 3.63) is 52.0 Å². The number of anilines is 1. The number of hydrogen-bond donors (Lipinski definition) is 4. The molecule has 0 bridgehead atoms. The molecule has 5 atom stereocenters. The van der Waals surface area contributed by atoms with Crippen molar-refractivity contribution in [3.8, 4) is 11.5 Å². The number of hydrogen-bond acceptors (Lipinski definition) is 7. The van der Waals surface area contributed by atoms with Crippen LogP contribution in [0.5, 0.6) is 11.5 Å². The molecule has 3 saturated heterocycles. The van der Waals surface area contributed by atoms with Gasteiger partial charge in [-0.25, -0.2) is 0 Å². The molecule has 4 heterocycles. The third kappa shape index (κ3) is 3.30. The Kier molecular flexibility index (Phi) is 5.17. The molecule has 0 unspecified atom stereocenters. The van der Waals surface area contributed by atoms with Gasteiger partial charge in [0.1, 0.15) is 5.54 Å². The number of amides is 3. The molecule has 0 aliphatic carbocycles. The van der Waals surface area contributed by atoms with Gasteiger partial charge in [0.15, 0.2) is 11.5 Å². The summed E-state index contributed by atoms with van der Waals surface area (Å²) >= 11 is 3.47. The Morgan fingerprint density at radius 3 is 2.66 bits per heavy atom. The summed E-state index contributed by atoms with van der Waals surface area (Å²) in [5.74, 6) is -3.25. The highest BCUT2D eigenvalue weighted by atomic mass is 79.9. The van der Waals surface area contributed by atoms with E-state index in [2.05, 4.69) is 26.6 Å². The number of likely N-dealkylation sites (tertiary alicyclic amines) is 1. The summed E-state index contributed by atoms with van der Waals surface area (Å²) in [6.45, 7) is 0.788. The zero-order chi connectivity index (χ0) is 24.5. The minimum atomic E-state index is -1.40. The Hall–Kier alpha value is -2.95. The van der Waals surface area contributed by atoms with Crippen LogP contribution in [0.25, 0.3) is 0 Å². The van der Waals surface area contributed by atoms with E-state index in [0.717, 1.165) is 17.3 Å². The van der Waals surface area contributed by atoms with Crippen LogP contribution in [-0.4, -0.2) is 58.1 Å². The van der Waals surface area contributed by atoms with Gasteiger partial charge in [0.05, 0.1) is 24.5 Å². The molecule has 3 amide bonds. The number of phenols is 2. The highest BCUT2D eigenvalue weighted by molar-refractivity contribution is 9.10. The van der Waals surface area contributed by atoms with Gasteiger partial charge in [-0.3, -0.25) is 24.6 Å². The van der Waals surface area contributed by atoms with Gasteiger partial charge in [-0.2, -0.15) is 0 Å². The Labute approximate surface area is 209 Å². The largest absolute Gasteiger partial charge is 0.504 e. The SMILES string of the molecule is O=C1[C@H]2[C@H](Cc3ccc(O)c(O)c3)N[C@@]3(C(=O)Nc4ccc(Br)cc43)[C@H]2C(=O)N1C[C@@H]1CCCO1. The van der Waals surface area contributed by atoms with E-state index in [1.165, 1.54) is 17.0 Å². The quantitative estimate of drug-likeness (QED) is 0.344. The Morgan fingerprint density at radius 2 is 1.91 bits per heavy atom. The van der Waals surface area contributed by atoms with Crippen molar-refractivity contribution in [1.82, 2.24) is 10.2 Å². The number of fused-ring (bicyclic) bond motifs is 4. The van der Waals surface area contributed by atoms with Gasteiger partial charge in [-0.05, 0) is 55.2 Å². The molecule has 2 aromatic rings. The number of ether oxygens (including phenoxy) is 1. The summed E-state index contributed by atoms with van der Waals surface area (Å²) in [5.41, 5.74) is 0.498. The van der Waals surface area contributed by atoms with E-state index in [1.54, 1.807) is 12.1 Å². The fraction of sp³-hybridized carbons (Fsp3) is 0.400. The van der Waals surface area contributed by atoms with Crippen LogP contribution in [-0.2, 0) is 31.1 Å².